The Balaban J connectivity index is 0.0000180. The van der Waals surface area contributed by atoms with E-state index >= 15 is 0 Å². The Morgan fingerprint density at radius 1 is 0.367 bits per heavy atom. The van der Waals surface area contributed by atoms with Crippen LogP contribution >= 0.6 is 0 Å². The van der Waals surface area contributed by atoms with Crippen molar-refractivity contribution in [3.05, 3.63) is 71.8 Å². The van der Waals surface area contributed by atoms with E-state index in [0.29, 0.717) is 0 Å². The van der Waals surface area contributed by atoms with Crippen molar-refractivity contribution < 1.29 is 16.5 Å². The van der Waals surface area contributed by atoms with E-state index in [1.165, 1.54) is 249 Å². The van der Waals surface area contributed by atoms with Crippen molar-refractivity contribution in [1.29, 1.82) is 0 Å². The van der Waals surface area contributed by atoms with E-state index < -0.39 is 0 Å². The van der Waals surface area contributed by atoms with E-state index in [9.17, 15) is 0 Å². The van der Waals surface area contributed by atoms with Crippen molar-refractivity contribution in [2.24, 2.45) is 9.98 Å². The molecule has 0 aliphatic rings. The summed E-state index contributed by atoms with van der Waals surface area (Å²) in [6, 6.07) is 17.9. The van der Waals surface area contributed by atoms with Gasteiger partial charge in [-0.2, -0.15) is 0 Å². The minimum atomic E-state index is 0. The van der Waals surface area contributed by atoms with Gasteiger partial charge in [0, 0.05) is 16.5 Å². The fraction of sp³-hybridized carbons (Fsp3) is 0.719. The minimum absolute atomic E-state index is 0. The van der Waals surface area contributed by atoms with Crippen LogP contribution in [0.4, 0.5) is 11.4 Å². The van der Waals surface area contributed by atoms with Gasteiger partial charge in [0.2, 0.25) is 0 Å². The summed E-state index contributed by atoms with van der Waals surface area (Å²) in [4.78, 5) is 9.92. The molecular weight excluding hydrogens is 771 g/mol. The third-order valence-electron chi connectivity index (χ3n) is 12.4. The Labute approximate surface area is 384 Å². The zero-order valence-corrected chi connectivity index (χ0v) is 40.9. The molecular formula is C57H96N2Ni. The van der Waals surface area contributed by atoms with Crippen molar-refractivity contribution in [2.45, 2.75) is 265 Å². The molecule has 0 saturated heterocycles. The van der Waals surface area contributed by atoms with Crippen LogP contribution in [0.25, 0.3) is 0 Å². The van der Waals surface area contributed by atoms with Crippen molar-refractivity contribution >= 4 is 23.3 Å². The minimum Gasteiger partial charge on any atom is -0.255 e. The van der Waals surface area contributed by atoms with Gasteiger partial charge in [0.1, 0.15) is 0 Å². The van der Waals surface area contributed by atoms with Crippen LogP contribution in [0.15, 0.2) is 70.7 Å². The predicted octanol–water partition coefficient (Wildman–Crippen LogP) is 19.9. The van der Waals surface area contributed by atoms with Crippen LogP contribution in [0.2, 0.25) is 0 Å². The summed E-state index contributed by atoms with van der Waals surface area (Å²) >= 11 is 0. The van der Waals surface area contributed by atoms with E-state index in [0.717, 1.165) is 23.5 Å². The molecule has 0 aliphatic carbocycles. The van der Waals surface area contributed by atoms with Gasteiger partial charge in [-0.15, -0.1) is 0 Å². The van der Waals surface area contributed by atoms with Gasteiger partial charge in [0.05, 0.1) is 23.3 Å². The number of allylic oxidation sites excluding steroid dienone is 2. The molecule has 3 heteroatoms. The van der Waals surface area contributed by atoms with Gasteiger partial charge in [0.25, 0.3) is 0 Å². The molecule has 0 atom stereocenters. The maximum absolute atomic E-state index is 5.04. The summed E-state index contributed by atoms with van der Waals surface area (Å²) in [6.07, 6.45) is 58.9. The average Bonchev–Trinajstić information content (AvgIpc) is 3.26. The molecule has 2 aromatic carbocycles. The van der Waals surface area contributed by atoms with Gasteiger partial charge >= 0.3 is 0 Å². The maximum atomic E-state index is 5.04. The molecule has 0 spiro atoms. The van der Waals surface area contributed by atoms with Crippen molar-refractivity contribution in [1.82, 2.24) is 0 Å². The van der Waals surface area contributed by atoms with Crippen LogP contribution in [0.1, 0.15) is 263 Å². The summed E-state index contributed by atoms with van der Waals surface area (Å²) in [7, 11) is 0. The number of aliphatic imine (C=N–C) groups is 2. The van der Waals surface area contributed by atoms with Gasteiger partial charge in [0.15, 0.2) is 0 Å². The molecule has 2 rings (SSSR count). The fourth-order valence-corrected chi connectivity index (χ4v) is 8.36. The van der Waals surface area contributed by atoms with Crippen molar-refractivity contribution in [2.75, 3.05) is 0 Å². The number of unbranched alkanes of at least 4 members (excludes halogenated alkanes) is 33. The molecule has 0 aliphatic heterocycles. The third kappa shape index (κ3) is 34.6. The Hall–Kier alpha value is -1.99. The number of hydrogen-bond donors (Lipinski definition) is 0. The first-order valence-electron chi connectivity index (χ1n) is 26.2. The van der Waals surface area contributed by atoms with Gasteiger partial charge in [-0.1, -0.05) is 257 Å². The largest absolute Gasteiger partial charge is 0.255 e. The molecule has 2 aromatic rings. The second kappa shape index (κ2) is 43.7. The number of nitrogens with zero attached hydrogens (tertiary/aromatic N) is 2. The van der Waals surface area contributed by atoms with Crippen LogP contribution in [-0.2, 0) is 29.3 Å². The van der Waals surface area contributed by atoms with Gasteiger partial charge in [-0.25, -0.2) is 4.99 Å². The van der Waals surface area contributed by atoms with E-state index in [1.54, 1.807) is 0 Å². The molecule has 0 bridgehead atoms. The average molecular weight is 868 g/mol. The standard InChI is InChI=1S/C57H96N2.Ni/c1-4-7-10-13-16-18-20-22-24-26-28-30-33-35-38-41-53-44-48-55(49-45-53)58-52-57(43-40-37-32-15-12-9-6-3)59-56-50-46-54(47-51-56)42-39-36-34-31-29-27-25-23-21-19-17-14-11-8-5-2;/h40,43-52H,4-39,41-42H2,1-3H3;/b43-40+,58-52?,59-57?;. The molecule has 0 amide bonds. The molecule has 0 aromatic heterocycles. The van der Waals surface area contributed by atoms with Gasteiger partial charge in [-0.3, -0.25) is 4.99 Å². The topological polar surface area (TPSA) is 24.7 Å². The molecule has 0 unspecified atom stereocenters. The molecule has 0 fully saturated rings. The molecule has 2 nitrogen and oxygen atoms in total. The Bertz CT molecular complexity index is 1260. The second-order valence-electron chi connectivity index (χ2n) is 18.1. The van der Waals surface area contributed by atoms with E-state index in [2.05, 4.69) is 81.5 Å². The smallest absolute Gasteiger partial charge is 0.0816 e. The van der Waals surface area contributed by atoms with Crippen LogP contribution in [0, 0.1) is 0 Å². The zero-order chi connectivity index (χ0) is 41.9. The van der Waals surface area contributed by atoms with Crippen LogP contribution in [0.3, 0.4) is 0 Å². The Morgan fingerprint density at radius 3 is 1.02 bits per heavy atom. The number of benzene rings is 2. The van der Waals surface area contributed by atoms with E-state index in [4.69, 9.17) is 9.98 Å². The second-order valence-corrected chi connectivity index (χ2v) is 18.1. The fourth-order valence-electron chi connectivity index (χ4n) is 8.36. The molecule has 344 valence electrons. The third-order valence-corrected chi connectivity index (χ3v) is 12.4. The summed E-state index contributed by atoms with van der Waals surface area (Å²) in [5, 5.41) is 0. The number of rotatable bonds is 42. The molecule has 0 radical (unpaired) electrons. The first-order valence-corrected chi connectivity index (χ1v) is 26.2. The summed E-state index contributed by atoms with van der Waals surface area (Å²) < 4.78 is 0. The van der Waals surface area contributed by atoms with Crippen molar-refractivity contribution in [3.8, 4) is 0 Å². The van der Waals surface area contributed by atoms with Gasteiger partial charge < -0.3 is 0 Å². The number of aryl methyl sites for hydroxylation is 2. The van der Waals surface area contributed by atoms with Gasteiger partial charge in [-0.05, 0) is 80.0 Å². The molecule has 0 heterocycles. The van der Waals surface area contributed by atoms with Crippen LogP contribution in [-0.4, -0.2) is 11.9 Å². The van der Waals surface area contributed by atoms with Crippen molar-refractivity contribution in [3.63, 3.8) is 0 Å². The summed E-state index contributed by atoms with van der Waals surface area (Å²) in [5.74, 6) is 0. The maximum Gasteiger partial charge on any atom is 0.0816 e. The number of hydrogen-bond acceptors (Lipinski definition) is 2. The SMILES string of the molecule is CCCCCCC/C=C/C(C=Nc1ccc(CCCCCCCCCCCCCCCCC)cc1)=Nc1ccc(CCCCCCCCCCCCCCCCC)cc1.[Ni]. The van der Waals surface area contributed by atoms with Crippen LogP contribution < -0.4 is 0 Å². The summed E-state index contributed by atoms with van der Waals surface area (Å²) in [6.45, 7) is 6.89. The van der Waals surface area contributed by atoms with Crippen LogP contribution in [0.5, 0.6) is 0 Å². The first kappa shape index (κ1) is 56.0. The first-order chi connectivity index (χ1) is 29.2. The predicted molar refractivity (Wildman–Crippen MR) is 268 cm³/mol. The molecule has 60 heavy (non-hydrogen) atoms. The zero-order valence-electron chi connectivity index (χ0n) is 39.9. The molecule has 0 N–H and O–H groups in total. The Morgan fingerprint density at radius 2 is 0.667 bits per heavy atom. The summed E-state index contributed by atoms with van der Waals surface area (Å²) in [5.41, 5.74) is 5.80. The quantitative estimate of drug-likeness (QED) is 0.0361. The van der Waals surface area contributed by atoms with E-state index in [-0.39, 0.29) is 16.5 Å². The van der Waals surface area contributed by atoms with E-state index in [1.807, 2.05) is 6.21 Å². The monoisotopic (exact) mass is 867 g/mol. The normalized spacial score (nSPS) is 11.9. The Kier molecular flexibility index (Phi) is 40.8. The molecule has 0 saturated carbocycles.